The molecule has 0 fully saturated rings. The molecule has 1 N–H and O–H groups in total. The molecule has 0 aliphatic heterocycles. The predicted octanol–water partition coefficient (Wildman–Crippen LogP) is 3.13. The molecule has 2 aromatic carbocycles. The molecule has 0 spiro atoms. The fraction of sp³-hybridized carbons (Fsp3) is 0.143. The molecule has 0 amide bonds. The van der Waals surface area contributed by atoms with E-state index in [2.05, 4.69) is 4.72 Å². The Hall–Kier alpha value is -1.36. The molecule has 2 aromatic rings. The highest BCUT2D eigenvalue weighted by atomic mass is 35.5. The lowest BCUT2D eigenvalue weighted by atomic mass is 10.2. The van der Waals surface area contributed by atoms with E-state index < -0.39 is 10.0 Å². The van der Waals surface area contributed by atoms with Crippen LogP contribution in [-0.4, -0.2) is 8.42 Å². The van der Waals surface area contributed by atoms with Gasteiger partial charge in [0, 0.05) is 11.6 Å². The number of hydrogen-bond acceptors (Lipinski definition) is 2. The van der Waals surface area contributed by atoms with Crippen molar-refractivity contribution in [3.8, 4) is 0 Å². The first-order chi connectivity index (χ1) is 8.99. The van der Waals surface area contributed by atoms with Crippen LogP contribution in [-0.2, 0) is 16.6 Å². The lowest BCUT2D eigenvalue weighted by Gasteiger charge is -2.08. The highest BCUT2D eigenvalue weighted by Gasteiger charge is 2.13. The van der Waals surface area contributed by atoms with Crippen LogP contribution < -0.4 is 4.72 Å². The van der Waals surface area contributed by atoms with Gasteiger partial charge >= 0.3 is 0 Å². The maximum atomic E-state index is 12.1. The molecular weight excluding hydrogens is 282 g/mol. The number of nitrogens with one attached hydrogen (secondary N) is 1. The van der Waals surface area contributed by atoms with Crippen LogP contribution in [0.1, 0.15) is 11.1 Å². The number of rotatable bonds is 4. The molecule has 5 heteroatoms. The van der Waals surface area contributed by atoms with Crippen LogP contribution in [0.2, 0.25) is 5.02 Å². The summed E-state index contributed by atoms with van der Waals surface area (Å²) in [5, 5.41) is 0.550. The normalized spacial score (nSPS) is 11.5. The standard InChI is InChI=1S/C14H14ClNO2S/c1-11-6-8-13(9-7-11)19(17,18)16-10-12-4-2-3-5-14(12)15/h2-9,16H,10H2,1H3. The first-order valence-electron chi connectivity index (χ1n) is 5.79. The van der Waals surface area contributed by atoms with E-state index in [0.29, 0.717) is 5.02 Å². The summed E-state index contributed by atoms with van der Waals surface area (Å²) in [7, 11) is -3.50. The molecule has 0 saturated heterocycles. The van der Waals surface area contributed by atoms with Crippen molar-refractivity contribution >= 4 is 21.6 Å². The topological polar surface area (TPSA) is 46.2 Å². The Morgan fingerprint density at radius 2 is 1.68 bits per heavy atom. The monoisotopic (exact) mass is 295 g/mol. The van der Waals surface area contributed by atoms with E-state index in [-0.39, 0.29) is 11.4 Å². The van der Waals surface area contributed by atoms with Gasteiger partial charge in [0.15, 0.2) is 0 Å². The van der Waals surface area contributed by atoms with Gasteiger partial charge in [0.25, 0.3) is 0 Å². The van der Waals surface area contributed by atoms with Gasteiger partial charge in [0.05, 0.1) is 4.90 Å². The maximum Gasteiger partial charge on any atom is 0.240 e. The third kappa shape index (κ3) is 3.56. The van der Waals surface area contributed by atoms with Crippen molar-refractivity contribution < 1.29 is 8.42 Å². The predicted molar refractivity (Wildman–Crippen MR) is 76.7 cm³/mol. The second kappa shape index (κ2) is 5.74. The second-order valence-electron chi connectivity index (χ2n) is 4.23. The van der Waals surface area contributed by atoms with Crippen LogP contribution in [0, 0.1) is 6.92 Å². The Labute approximate surface area is 118 Å². The van der Waals surface area contributed by atoms with Gasteiger partial charge in [-0.25, -0.2) is 13.1 Å². The Kier molecular flexibility index (Phi) is 4.24. The van der Waals surface area contributed by atoms with E-state index in [1.165, 1.54) is 0 Å². The van der Waals surface area contributed by atoms with Crippen molar-refractivity contribution in [3.05, 3.63) is 64.7 Å². The number of aryl methyl sites for hydroxylation is 1. The summed E-state index contributed by atoms with van der Waals surface area (Å²) in [6, 6.07) is 13.9. The van der Waals surface area contributed by atoms with Gasteiger partial charge < -0.3 is 0 Å². The maximum absolute atomic E-state index is 12.1. The first kappa shape index (κ1) is 14.1. The van der Waals surface area contributed by atoms with Crippen LogP contribution in [0.5, 0.6) is 0 Å². The van der Waals surface area contributed by atoms with Crippen molar-refractivity contribution in [2.75, 3.05) is 0 Å². The molecule has 19 heavy (non-hydrogen) atoms. The van der Waals surface area contributed by atoms with E-state index in [9.17, 15) is 8.42 Å². The first-order valence-corrected chi connectivity index (χ1v) is 7.65. The highest BCUT2D eigenvalue weighted by molar-refractivity contribution is 7.89. The van der Waals surface area contributed by atoms with Crippen LogP contribution in [0.3, 0.4) is 0 Å². The molecule has 0 aromatic heterocycles. The van der Waals surface area contributed by atoms with Crippen molar-refractivity contribution in [2.45, 2.75) is 18.4 Å². The molecule has 2 rings (SSSR count). The lowest BCUT2D eigenvalue weighted by molar-refractivity contribution is 0.581. The fourth-order valence-electron chi connectivity index (χ4n) is 1.62. The second-order valence-corrected chi connectivity index (χ2v) is 6.40. The van der Waals surface area contributed by atoms with Crippen molar-refractivity contribution in [2.24, 2.45) is 0 Å². The Bertz CT molecular complexity index is 666. The zero-order chi connectivity index (χ0) is 13.9. The third-order valence-electron chi connectivity index (χ3n) is 2.74. The van der Waals surface area contributed by atoms with E-state index in [4.69, 9.17) is 11.6 Å². The van der Waals surface area contributed by atoms with Crippen LogP contribution in [0.15, 0.2) is 53.4 Å². The third-order valence-corrected chi connectivity index (χ3v) is 4.53. The van der Waals surface area contributed by atoms with Gasteiger partial charge in [0.1, 0.15) is 0 Å². The van der Waals surface area contributed by atoms with E-state index >= 15 is 0 Å². The molecule has 0 saturated carbocycles. The van der Waals surface area contributed by atoms with Crippen molar-refractivity contribution in [1.82, 2.24) is 4.72 Å². The molecule has 0 aliphatic rings. The fourth-order valence-corrected chi connectivity index (χ4v) is 2.82. The molecule has 0 unspecified atom stereocenters. The summed E-state index contributed by atoms with van der Waals surface area (Å²) in [6.07, 6.45) is 0. The number of sulfonamides is 1. The number of halogens is 1. The summed E-state index contributed by atoms with van der Waals surface area (Å²) in [5.74, 6) is 0. The molecule has 0 atom stereocenters. The van der Waals surface area contributed by atoms with Crippen LogP contribution in [0.4, 0.5) is 0 Å². The van der Waals surface area contributed by atoms with Gasteiger partial charge in [-0.2, -0.15) is 0 Å². The minimum Gasteiger partial charge on any atom is -0.207 e. The summed E-state index contributed by atoms with van der Waals surface area (Å²) in [5.41, 5.74) is 1.77. The number of benzene rings is 2. The van der Waals surface area contributed by atoms with Gasteiger partial charge in [-0.15, -0.1) is 0 Å². The molecule has 0 heterocycles. The average molecular weight is 296 g/mol. The van der Waals surface area contributed by atoms with Crippen LogP contribution >= 0.6 is 11.6 Å². The molecule has 0 radical (unpaired) electrons. The van der Waals surface area contributed by atoms with E-state index in [1.807, 2.05) is 13.0 Å². The average Bonchev–Trinajstić information content (AvgIpc) is 2.38. The van der Waals surface area contributed by atoms with Crippen LogP contribution in [0.25, 0.3) is 0 Å². The van der Waals surface area contributed by atoms with Gasteiger partial charge in [-0.1, -0.05) is 47.5 Å². The summed E-state index contributed by atoms with van der Waals surface area (Å²) < 4.78 is 26.7. The summed E-state index contributed by atoms with van der Waals surface area (Å²) in [6.45, 7) is 2.09. The quantitative estimate of drug-likeness (QED) is 0.942. The van der Waals surface area contributed by atoms with Gasteiger partial charge in [-0.3, -0.25) is 0 Å². The lowest BCUT2D eigenvalue weighted by Crippen LogP contribution is -2.23. The Morgan fingerprint density at radius 3 is 2.32 bits per heavy atom. The van der Waals surface area contributed by atoms with Crippen molar-refractivity contribution in [3.63, 3.8) is 0 Å². The molecular formula is C14H14ClNO2S. The van der Waals surface area contributed by atoms with Gasteiger partial charge in [-0.05, 0) is 30.7 Å². The van der Waals surface area contributed by atoms with Gasteiger partial charge in [0.2, 0.25) is 10.0 Å². The van der Waals surface area contributed by atoms with Crippen molar-refractivity contribution in [1.29, 1.82) is 0 Å². The highest BCUT2D eigenvalue weighted by Crippen LogP contribution is 2.16. The Balaban J connectivity index is 2.14. The Morgan fingerprint density at radius 1 is 1.05 bits per heavy atom. The molecule has 3 nitrogen and oxygen atoms in total. The molecule has 0 bridgehead atoms. The molecule has 100 valence electrons. The summed E-state index contributed by atoms with van der Waals surface area (Å²) >= 11 is 5.99. The summed E-state index contributed by atoms with van der Waals surface area (Å²) in [4.78, 5) is 0.255. The zero-order valence-electron chi connectivity index (χ0n) is 10.4. The zero-order valence-corrected chi connectivity index (χ0v) is 12.0. The smallest absolute Gasteiger partial charge is 0.207 e. The SMILES string of the molecule is Cc1ccc(S(=O)(=O)NCc2ccccc2Cl)cc1. The van der Waals surface area contributed by atoms with E-state index in [1.54, 1.807) is 42.5 Å². The van der Waals surface area contributed by atoms with E-state index in [0.717, 1.165) is 11.1 Å². The molecule has 0 aliphatic carbocycles. The largest absolute Gasteiger partial charge is 0.240 e. The number of hydrogen-bond donors (Lipinski definition) is 1. The minimum absolute atomic E-state index is 0.176. The minimum atomic E-state index is -3.50.